The summed E-state index contributed by atoms with van der Waals surface area (Å²) in [5.41, 5.74) is 0.994. The summed E-state index contributed by atoms with van der Waals surface area (Å²) in [4.78, 5) is 11.0. The standard InChI is InChI=1S/C11H11BrO2/c12-8-4-7-11(13)14-9-10-5-2-1-3-6-10/h1-7H,8-9H2. The van der Waals surface area contributed by atoms with Gasteiger partial charge in [0.1, 0.15) is 6.61 Å². The minimum absolute atomic E-state index is 0.312. The van der Waals surface area contributed by atoms with Gasteiger partial charge in [0.05, 0.1) is 0 Å². The molecule has 1 aromatic rings. The zero-order chi connectivity index (χ0) is 10.2. The first kappa shape index (κ1) is 11.0. The molecule has 0 saturated heterocycles. The number of halogens is 1. The predicted octanol–water partition coefficient (Wildman–Crippen LogP) is 2.68. The van der Waals surface area contributed by atoms with Gasteiger partial charge in [-0.3, -0.25) is 0 Å². The molecule has 14 heavy (non-hydrogen) atoms. The van der Waals surface area contributed by atoms with E-state index < -0.39 is 0 Å². The zero-order valence-electron chi connectivity index (χ0n) is 7.65. The third-order valence-electron chi connectivity index (χ3n) is 1.57. The Morgan fingerprint density at radius 2 is 2.07 bits per heavy atom. The van der Waals surface area contributed by atoms with Crippen LogP contribution in [0.3, 0.4) is 0 Å². The summed E-state index contributed by atoms with van der Waals surface area (Å²) in [6.45, 7) is 0.326. The molecule has 0 spiro atoms. The maximum Gasteiger partial charge on any atom is 0.330 e. The lowest BCUT2D eigenvalue weighted by Gasteiger charge is -2.00. The number of carbonyl (C=O) groups is 1. The van der Waals surface area contributed by atoms with E-state index in [1.54, 1.807) is 6.08 Å². The van der Waals surface area contributed by atoms with E-state index in [4.69, 9.17) is 4.74 Å². The van der Waals surface area contributed by atoms with Crippen molar-refractivity contribution in [1.29, 1.82) is 0 Å². The maximum atomic E-state index is 11.0. The number of carbonyl (C=O) groups excluding carboxylic acids is 1. The molecule has 0 heterocycles. The normalized spacial score (nSPS) is 10.4. The smallest absolute Gasteiger partial charge is 0.330 e. The Balaban J connectivity index is 2.34. The van der Waals surface area contributed by atoms with E-state index in [2.05, 4.69) is 15.9 Å². The molecule has 0 aliphatic carbocycles. The molecule has 1 rings (SSSR count). The second-order valence-corrected chi connectivity index (χ2v) is 3.30. The molecule has 3 heteroatoms. The molecule has 0 bridgehead atoms. The van der Waals surface area contributed by atoms with Crippen molar-refractivity contribution in [3.8, 4) is 0 Å². The van der Waals surface area contributed by atoms with Gasteiger partial charge in [0.25, 0.3) is 0 Å². The Morgan fingerprint density at radius 1 is 1.36 bits per heavy atom. The summed E-state index contributed by atoms with van der Waals surface area (Å²) in [5, 5.41) is 0.660. The molecule has 0 N–H and O–H groups in total. The van der Waals surface area contributed by atoms with Crippen LogP contribution in [-0.4, -0.2) is 11.3 Å². The van der Waals surface area contributed by atoms with Crippen molar-refractivity contribution in [3.05, 3.63) is 48.0 Å². The molecule has 0 radical (unpaired) electrons. The molecule has 0 unspecified atom stereocenters. The maximum absolute atomic E-state index is 11.0. The van der Waals surface area contributed by atoms with Gasteiger partial charge in [0.2, 0.25) is 0 Å². The molecular weight excluding hydrogens is 244 g/mol. The second kappa shape index (κ2) is 6.38. The molecule has 0 fully saturated rings. The van der Waals surface area contributed by atoms with Gasteiger partial charge in [0.15, 0.2) is 0 Å². The number of alkyl halides is 1. The van der Waals surface area contributed by atoms with Gasteiger partial charge in [-0.2, -0.15) is 0 Å². The number of hydrogen-bond acceptors (Lipinski definition) is 2. The molecule has 0 aromatic heterocycles. The quantitative estimate of drug-likeness (QED) is 0.469. The Hall–Kier alpha value is -1.09. The Labute approximate surface area is 91.7 Å². The van der Waals surface area contributed by atoms with Crippen LogP contribution in [-0.2, 0) is 16.1 Å². The monoisotopic (exact) mass is 254 g/mol. The molecule has 0 amide bonds. The second-order valence-electron chi connectivity index (χ2n) is 2.65. The van der Waals surface area contributed by atoms with Crippen LogP contribution in [0, 0.1) is 0 Å². The summed E-state index contributed by atoms with van der Waals surface area (Å²) in [7, 11) is 0. The number of hydrogen-bond donors (Lipinski definition) is 0. The van der Waals surface area contributed by atoms with Gasteiger partial charge in [-0.15, -0.1) is 0 Å². The van der Waals surface area contributed by atoms with Gasteiger partial charge in [0, 0.05) is 11.4 Å². The van der Waals surface area contributed by atoms with Crippen molar-refractivity contribution in [3.63, 3.8) is 0 Å². The van der Waals surface area contributed by atoms with E-state index in [1.165, 1.54) is 6.08 Å². The summed E-state index contributed by atoms with van der Waals surface area (Å²) < 4.78 is 4.98. The van der Waals surface area contributed by atoms with Crippen LogP contribution in [0.25, 0.3) is 0 Å². The Kier molecular flexibility index (Phi) is 5.00. The fourth-order valence-corrected chi connectivity index (χ4v) is 1.10. The van der Waals surface area contributed by atoms with E-state index in [0.29, 0.717) is 11.9 Å². The molecular formula is C11H11BrO2. The van der Waals surface area contributed by atoms with E-state index in [1.807, 2.05) is 30.3 Å². The van der Waals surface area contributed by atoms with Crippen molar-refractivity contribution < 1.29 is 9.53 Å². The SMILES string of the molecule is O=C(C=CCBr)OCc1ccccc1. The first-order chi connectivity index (χ1) is 6.83. The van der Waals surface area contributed by atoms with Crippen LogP contribution in [0.2, 0.25) is 0 Å². The zero-order valence-corrected chi connectivity index (χ0v) is 9.24. The van der Waals surface area contributed by atoms with Crippen LogP contribution in [0.1, 0.15) is 5.56 Å². The highest BCUT2D eigenvalue weighted by Gasteiger charge is 1.96. The van der Waals surface area contributed by atoms with E-state index >= 15 is 0 Å². The highest BCUT2D eigenvalue weighted by Crippen LogP contribution is 2.00. The van der Waals surface area contributed by atoms with Crippen molar-refractivity contribution in [1.82, 2.24) is 0 Å². The van der Waals surface area contributed by atoms with Gasteiger partial charge >= 0.3 is 5.97 Å². The van der Waals surface area contributed by atoms with Gasteiger partial charge in [-0.25, -0.2) is 4.79 Å². The lowest BCUT2D eigenvalue weighted by molar-refractivity contribution is -0.139. The van der Waals surface area contributed by atoms with Crippen molar-refractivity contribution in [2.75, 3.05) is 5.33 Å². The Bertz CT molecular complexity index is 306. The van der Waals surface area contributed by atoms with Gasteiger partial charge in [-0.05, 0) is 5.56 Å². The minimum Gasteiger partial charge on any atom is -0.458 e. The molecule has 0 saturated carbocycles. The van der Waals surface area contributed by atoms with Crippen molar-refractivity contribution in [2.45, 2.75) is 6.61 Å². The van der Waals surface area contributed by atoms with Crippen LogP contribution in [0.5, 0.6) is 0 Å². The topological polar surface area (TPSA) is 26.3 Å². The van der Waals surface area contributed by atoms with Crippen LogP contribution >= 0.6 is 15.9 Å². The lowest BCUT2D eigenvalue weighted by atomic mass is 10.2. The third-order valence-corrected chi connectivity index (χ3v) is 1.94. The fourth-order valence-electron chi connectivity index (χ4n) is 0.918. The van der Waals surface area contributed by atoms with Crippen molar-refractivity contribution >= 4 is 21.9 Å². The molecule has 0 aliphatic rings. The van der Waals surface area contributed by atoms with Crippen LogP contribution in [0.4, 0.5) is 0 Å². The highest BCUT2D eigenvalue weighted by molar-refractivity contribution is 9.09. The average molecular weight is 255 g/mol. The number of rotatable bonds is 4. The Morgan fingerprint density at radius 3 is 2.71 bits per heavy atom. The van der Waals surface area contributed by atoms with Crippen LogP contribution in [0.15, 0.2) is 42.5 Å². The largest absolute Gasteiger partial charge is 0.458 e. The molecule has 2 nitrogen and oxygen atoms in total. The average Bonchev–Trinajstić information content (AvgIpc) is 2.25. The third kappa shape index (κ3) is 4.23. The summed E-state index contributed by atoms with van der Waals surface area (Å²) in [6.07, 6.45) is 3.12. The van der Waals surface area contributed by atoms with E-state index in [0.717, 1.165) is 5.56 Å². The fraction of sp³-hybridized carbons (Fsp3) is 0.182. The molecule has 0 aliphatic heterocycles. The lowest BCUT2D eigenvalue weighted by Crippen LogP contribution is -2.00. The minimum atomic E-state index is -0.312. The number of ether oxygens (including phenoxy) is 1. The van der Waals surface area contributed by atoms with E-state index in [9.17, 15) is 4.79 Å². The number of allylic oxidation sites excluding steroid dienone is 1. The predicted molar refractivity (Wildman–Crippen MR) is 59.2 cm³/mol. The van der Waals surface area contributed by atoms with Gasteiger partial charge in [-0.1, -0.05) is 52.3 Å². The molecule has 1 aromatic carbocycles. The number of benzene rings is 1. The summed E-state index contributed by atoms with van der Waals surface area (Å²) in [5.74, 6) is -0.312. The van der Waals surface area contributed by atoms with Crippen molar-refractivity contribution in [2.24, 2.45) is 0 Å². The van der Waals surface area contributed by atoms with E-state index in [-0.39, 0.29) is 5.97 Å². The molecule has 74 valence electrons. The number of esters is 1. The first-order valence-electron chi connectivity index (χ1n) is 4.26. The first-order valence-corrected chi connectivity index (χ1v) is 5.38. The summed E-state index contributed by atoms with van der Waals surface area (Å²) in [6, 6.07) is 9.59. The van der Waals surface area contributed by atoms with Crippen LogP contribution < -0.4 is 0 Å². The van der Waals surface area contributed by atoms with Gasteiger partial charge < -0.3 is 4.74 Å². The highest BCUT2D eigenvalue weighted by atomic mass is 79.9. The molecule has 0 atom stereocenters. The summed E-state index contributed by atoms with van der Waals surface area (Å²) >= 11 is 3.18.